The topological polar surface area (TPSA) is 89.4 Å². The normalized spacial score (nSPS) is 28.1. The van der Waals surface area contributed by atoms with Gasteiger partial charge in [0.2, 0.25) is 0 Å². The quantitative estimate of drug-likeness (QED) is 0.634. The number of hydrogen-bond acceptors (Lipinski definition) is 5. The molecule has 1 N–H and O–H groups in total. The molecule has 160 valence electrons. The third-order valence-corrected chi connectivity index (χ3v) is 7.36. The highest BCUT2D eigenvalue weighted by Crippen LogP contribution is 2.60. The zero-order valence-electron chi connectivity index (χ0n) is 17.8. The summed E-state index contributed by atoms with van der Waals surface area (Å²) >= 11 is 0. The number of ether oxygens (including phenoxy) is 1. The SMILES string of the molecule is CCCCC(=O)C1(C(=O)O)CCCCC1(c1cnc(OC)nc1)C1CCCCC1. The molecule has 0 aliphatic heterocycles. The predicted molar refractivity (Wildman–Crippen MR) is 110 cm³/mol. The van der Waals surface area contributed by atoms with Crippen molar-refractivity contribution in [1.29, 1.82) is 0 Å². The Labute approximate surface area is 173 Å². The van der Waals surface area contributed by atoms with Crippen LogP contribution in [0.2, 0.25) is 0 Å². The van der Waals surface area contributed by atoms with Crippen LogP contribution in [0.1, 0.15) is 89.5 Å². The van der Waals surface area contributed by atoms with Gasteiger partial charge in [-0.05, 0) is 43.6 Å². The molecule has 0 bridgehead atoms. The van der Waals surface area contributed by atoms with Crippen molar-refractivity contribution in [1.82, 2.24) is 9.97 Å². The van der Waals surface area contributed by atoms with Gasteiger partial charge in [-0.15, -0.1) is 0 Å². The number of carboxylic acid groups (broad SMARTS) is 1. The maximum atomic E-state index is 13.6. The minimum absolute atomic E-state index is 0.104. The molecule has 1 aromatic rings. The highest BCUT2D eigenvalue weighted by Gasteiger charge is 2.65. The first kappa shape index (κ1) is 21.7. The van der Waals surface area contributed by atoms with Crippen LogP contribution in [-0.2, 0) is 15.0 Å². The standard InChI is InChI=1S/C23H34N2O4/c1-3-4-12-19(26)23(20(27)28)14-9-8-13-22(23,17-10-6-5-7-11-17)18-15-24-21(29-2)25-16-18/h15-17H,3-14H2,1-2H3,(H,27,28). The van der Waals surface area contributed by atoms with E-state index in [2.05, 4.69) is 9.97 Å². The van der Waals surface area contributed by atoms with E-state index in [1.54, 1.807) is 12.4 Å². The van der Waals surface area contributed by atoms with Crippen LogP contribution in [-0.4, -0.2) is 33.9 Å². The molecule has 0 saturated heterocycles. The lowest BCUT2D eigenvalue weighted by molar-refractivity contribution is -0.168. The van der Waals surface area contributed by atoms with Crippen molar-refractivity contribution in [2.45, 2.75) is 89.4 Å². The van der Waals surface area contributed by atoms with Gasteiger partial charge in [0.1, 0.15) is 5.41 Å². The number of aromatic nitrogens is 2. The zero-order chi connectivity index (χ0) is 20.9. The van der Waals surface area contributed by atoms with E-state index in [0.29, 0.717) is 19.3 Å². The lowest BCUT2D eigenvalue weighted by Gasteiger charge is -2.55. The summed E-state index contributed by atoms with van der Waals surface area (Å²) in [6.45, 7) is 2.04. The van der Waals surface area contributed by atoms with Crippen LogP contribution < -0.4 is 4.74 Å². The van der Waals surface area contributed by atoms with Gasteiger partial charge in [0.25, 0.3) is 0 Å². The number of aliphatic carboxylic acids is 1. The number of carbonyl (C=O) groups excluding carboxylic acids is 1. The summed E-state index contributed by atoms with van der Waals surface area (Å²) in [5.41, 5.74) is -1.33. The molecular formula is C23H34N2O4. The molecule has 2 aliphatic rings. The van der Waals surface area contributed by atoms with Crippen molar-refractivity contribution in [2.24, 2.45) is 11.3 Å². The number of unbranched alkanes of at least 4 members (excludes halogenated alkanes) is 1. The first-order valence-electron chi connectivity index (χ1n) is 11.2. The van der Waals surface area contributed by atoms with Crippen molar-refractivity contribution < 1.29 is 19.4 Å². The monoisotopic (exact) mass is 402 g/mol. The minimum atomic E-state index is -1.39. The Morgan fingerprint density at radius 2 is 1.76 bits per heavy atom. The number of methoxy groups -OCH3 is 1. The van der Waals surface area contributed by atoms with E-state index in [-0.39, 0.29) is 17.7 Å². The summed E-state index contributed by atoms with van der Waals surface area (Å²) < 4.78 is 5.13. The van der Waals surface area contributed by atoms with Crippen molar-refractivity contribution in [3.05, 3.63) is 18.0 Å². The second-order valence-electron chi connectivity index (χ2n) is 8.71. The maximum absolute atomic E-state index is 13.6. The third kappa shape index (κ3) is 3.66. The summed E-state index contributed by atoms with van der Waals surface area (Å²) in [5, 5.41) is 10.6. The number of nitrogens with zero attached hydrogens (tertiary/aromatic N) is 2. The molecule has 3 rings (SSSR count). The summed E-state index contributed by atoms with van der Waals surface area (Å²) in [6, 6.07) is 0.265. The number of rotatable bonds is 8. The number of carbonyl (C=O) groups is 2. The van der Waals surface area contributed by atoms with Gasteiger partial charge in [-0.3, -0.25) is 9.59 Å². The summed E-state index contributed by atoms with van der Waals surface area (Å²) in [4.78, 5) is 35.2. The van der Waals surface area contributed by atoms with Crippen molar-refractivity contribution in [3.8, 4) is 6.01 Å². The molecule has 2 unspecified atom stereocenters. The fourth-order valence-corrected chi connectivity index (χ4v) is 6.01. The molecule has 6 nitrogen and oxygen atoms in total. The molecule has 29 heavy (non-hydrogen) atoms. The van der Waals surface area contributed by atoms with Gasteiger partial charge in [0.05, 0.1) is 7.11 Å². The average Bonchev–Trinajstić information content (AvgIpc) is 2.77. The highest BCUT2D eigenvalue weighted by atomic mass is 16.5. The average molecular weight is 403 g/mol. The first-order chi connectivity index (χ1) is 14.0. The van der Waals surface area contributed by atoms with Gasteiger partial charge in [0.15, 0.2) is 5.78 Å². The van der Waals surface area contributed by atoms with Crippen LogP contribution in [0.15, 0.2) is 12.4 Å². The number of Topliss-reactive ketones (excluding diaryl/α,β-unsaturated/α-hetero) is 1. The first-order valence-corrected chi connectivity index (χ1v) is 11.2. The van der Waals surface area contributed by atoms with Crippen LogP contribution in [0.25, 0.3) is 0 Å². The largest absolute Gasteiger partial charge is 0.480 e. The van der Waals surface area contributed by atoms with E-state index < -0.39 is 16.8 Å². The molecule has 0 spiro atoms. The summed E-state index contributed by atoms with van der Waals surface area (Å²) in [7, 11) is 1.52. The van der Waals surface area contributed by atoms with Gasteiger partial charge in [-0.2, -0.15) is 0 Å². The molecule has 6 heteroatoms. The Morgan fingerprint density at radius 3 is 2.34 bits per heavy atom. The molecule has 2 atom stereocenters. The van der Waals surface area contributed by atoms with E-state index in [4.69, 9.17) is 4.74 Å². The maximum Gasteiger partial charge on any atom is 0.318 e. The van der Waals surface area contributed by atoms with Crippen LogP contribution in [0, 0.1) is 11.3 Å². The van der Waals surface area contributed by atoms with Gasteiger partial charge in [-0.1, -0.05) is 45.4 Å². The Balaban J connectivity index is 2.20. The fourth-order valence-electron chi connectivity index (χ4n) is 6.01. The minimum Gasteiger partial charge on any atom is -0.480 e. The molecule has 0 amide bonds. The summed E-state index contributed by atoms with van der Waals surface area (Å²) in [6.07, 6.45) is 13.5. The van der Waals surface area contributed by atoms with Crippen LogP contribution in [0.5, 0.6) is 6.01 Å². The molecule has 2 fully saturated rings. The van der Waals surface area contributed by atoms with E-state index in [9.17, 15) is 14.7 Å². The van der Waals surface area contributed by atoms with Gasteiger partial charge >= 0.3 is 12.0 Å². The van der Waals surface area contributed by atoms with E-state index in [1.807, 2.05) is 6.92 Å². The molecular weight excluding hydrogens is 368 g/mol. The smallest absolute Gasteiger partial charge is 0.318 e. The van der Waals surface area contributed by atoms with E-state index >= 15 is 0 Å². The van der Waals surface area contributed by atoms with Crippen LogP contribution in [0.4, 0.5) is 0 Å². The number of hydrogen-bond donors (Lipinski definition) is 1. The molecule has 1 aromatic heterocycles. The van der Waals surface area contributed by atoms with Gasteiger partial charge in [0, 0.05) is 24.2 Å². The lowest BCUT2D eigenvalue weighted by Crippen LogP contribution is -2.61. The summed E-state index contributed by atoms with van der Waals surface area (Å²) in [5.74, 6) is -0.900. The van der Waals surface area contributed by atoms with Crippen LogP contribution >= 0.6 is 0 Å². The van der Waals surface area contributed by atoms with Crippen molar-refractivity contribution >= 4 is 11.8 Å². The van der Waals surface area contributed by atoms with E-state index in [1.165, 1.54) is 13.5 Å². The molecule has 1 heterocycles. The number of ketones is 1. The Hall–Kier alpha value is -1.98. The molecule has 2 aliphatic carbocycles. The molecule has 2 saturated carbocycles. The van der Waals surface area contributed by atoms with Gasteiger partial charge in [-0.25, -0.2) is 9.97 Å². The highest BCUT2D eigenvalue weighted by molar-refractivity contribution is 6.05. The Bertz CT molecular complexity index is 714. The van der Waals surface area contributed by atoms with E-state index in [0.717, 1.165) is 56.9 Å². The Kier molecular flexibility index (Phi) is 6.91. The fraction of sp³-hybridized carbons (Fsp3) is 0.739. The van der Waals surface area contributed by atoms with Crippen molar-refractivity contribution in [2.75, 3.05) is 7.11 Å². The second kappa shape index (κ2) is 9.23. The van der Waals surface area contributed by atoms with Gasteiger partial charge < -0.3 is 9.84 Å². The Morgan fingerprint density at radius 1 is 1.10 bits per heavy atom. The lowest BCUT2D eigenvalue weighted by atomic mass is 9.45. The number of carboxylic acids is 1. The zero-order valence-corrected chi connectivity index (χ0v) is 17.8. The third-order valence-electron chi connectivity index (χ3n) is 7.36. The van der Waals surface area contributed by atoms with Crippen molar-refractivity contribution in [3.63, 3.8) is 0 Å². The molecule has 0 aromatic carbocycles. The molecule has 0 radical (unpaired) electrons. The second-order valence-corrected chi connectivity index (χ2v) is 8.71. The predicted octanol–water partition coefficient (Wildman–Crippen LogP) is 4.71. The van der Waals surface area contributed by atoms with Crippen LogP contribution in [0.3, 0.4) is 0 Å².